The van der Waals surface area contributed by atoms with Gasteiger partial charge in [-0.1, -0.05) is 13.8 Å². The molecule has 1 N–H and O–H groups in total. The lowest BCUT2D eigenvalue weighted by molar-refractivity contribution is -0.127. The van der Waals surface area contributed by atoms with Crippen molar-refractivity contribution in [1.29, 1.82) is 0 Å². The first-order valence-corrected chi connectivity index (χ1v) is 6.04. The summed E-state index contributed by atoms with van der Waals surface area (Å²) in [6.45, 7) is 5.41. The highest BCUT2D eigenvalue weighted by molar-refractivity contribution is 5.81. The minimum atomic E-state index is -0.162. The number of likely N-dealkylation sites (N-methyl/N-ethyl adjacent to an activating group) is 1. The average molecular weight is 261 g/mol. The van der Waals surface area contributed by atoms with Gasteiger partial charge in [0, 0.05) is 13.0 Å². The molecule has 0 aromatic carbocycles. The predicted molar refractivity (Wildman–Crippen MR) is 66.4 cm³/mol. The highest BCUT2D eigenvalue weighted by Crippen LogP contribution is 1.94. The Bertz CT molecular complexity index is 243. The molecule has 106 valence electrons. The van der Waals surface area contributed by atoms with Gasteiger partial charge in [-0.05, 0) is 0 Å². The summed E-state index contributed by atoms with van der Waals surface area (Å²) in [6, 6.07) is 0. The first kappa shape index (κ1) is 17.0. The molecule has 0 saturated carbocycles. The van der Waals surface area contributed by atoms with Crippen molar-refractivity contribution in [2.45, 2.75) is 13.8 Å². The second-order valence-electron chi connectivity index (χ2n) is 4.01. The van der Waals surface area contributed by atoms with Crippen LogP contribution in [0.1, 0.15) is 13.8 Å². The van der Waals surface area contributed by atoms with Crippen LogP contribution < -0.4 is 5.32 Å². The third kappa shape index (κ3) is 10.2. The van der Waals surface area contributed by atoms with Crippen LogP contribution >= 0.6 is 0 Å². The highest BCUT2D eigenvalue weighted by Gasteiger charge is 2.06. The largest absolute Gasteiger partial charge is 0.377 e. The van der Waals surface area contributed by atoms with Gasteiger partial charge in [-0.3, -0.25) is 9.59 Å². The first-order valence-electron chi connectivity index (χ1n) is 6.04. The van der Waals surface area contributed by atoms with Crippen LogP contribution in [0.4, 0.5) is 0 Å². The van der Waals surface area contributed by atoms with Crippen LogP contribution in [-0.4, -0.2) is 58.4 Å². The van der Waals surface area contributed by atoms with Gasteiger partial charge in [0.1, 0.15) is 13.2 Å². The molecule has 6 heteroatoms. The predicted octanol–water partition coefficient (Wildman–Crippen LogP) is 0.00730. The van der Waals surface area contributed by atoms with Crippen molar-refractivity contribution in [3.8, 4) is 0 Å². The molecule has 0 radical (unpaired) electrons. The molecule has 0 aromatic rings. The normalized spacial score (nSPS) is 10.7. The van der Waals surface area contributed by atoms with E-state index in [0.29, 0.717) is 26.4 Å². The molecule has 18 heavy (non-hydrogen) atoms. The summed E-state index contributed by atoms with van der Waals surface area (Å²) >= 11 is 0. The lowest BCUT2D eigenvalue weighted by atomic mass is 10.1. The molecule has 0 heterocycles. The van der Waals surface area contributed by atoms with Crippen molar-refractivity contribution in [1.82, 2.24) is 5.32 Å². The molecule has 0 unspecified atom stereocenters. The molecular formula is C12H23NO5. The fourth-order valence-corrected chi connectivity index (χ4v) is 0.914. The van der Waals surface area contributed by atoms with E-state index < -0.39 is 0 Å². The first-order chi connectivity index (χ1) is 8.57. The Labute approximate surface area is 108 Å². The second kappa shape index (κ2) is 11.1. The average Bonchev–Trinajstić information content (AvgIpc) is 2.35. The number of hydrogen-bond donors (Lipinski definition) is 1. The van der Waals surface area contributed by atoms with Crippen molar-refractivity contribution in [2.24, 2.45) is 5.92 Å². The fourth-order valence-electron chi connectivity index (χ4n) is 0.914. The number of carbonyl (C=O) groups is 2. The van der Waals surface area contributed by atoms with Crippen molar-refractivity contribution in [3.63, 3.8) is 0 Å². The van der Waals surface area contributed by atoms with Gasteiger partial charge in [-0.15, -0.1) is 0 Å². The van der Waals surface area contributed by atoms with Gasteiger partial charge in [-0.25, -0.2) is 0 Å². The summed E-state index contributed by atoms with van der Waals surface area (Å²) in [5, 5.41) is 2.45. The topological polar surface area (TPSA) is 73.9 Å². The summed E-state index contributed by atoms with van der Waals surface area (Å²) in [4.78, 5) is 22.0. The summed E-state index contributed by atoms with van der Waals surface area (Å²) in [5.74, 6) is -0.0709. The molecule has 0 aliphatic rings. The molecule has 0 bridgehead atoms. The zero-order chi connectivity index (χ0) is 13.8. The Morgan fingerprint density at radius 3 is 1.94 bits per heavy atom. The second-order valence-corrected chi connectivity index (χ2v) is 4.01. The van der Waals surface area contributed by atoms with Crippen LogP contribution in [0, 0.1) is 5.92 Å². The zero-order valence-corrected chi connectivity index (χ0v) is 11.4. The number of rotatable bonds is 11. The van der Waals surface area contributed by atoms with Crippen LogP contribution in [-0.2, 0) is 23.8 Å². The van der Waals surface area contributed by atoms with Crippen molar-refractivity contribution in [2.75, 3.05) is 46.7 Å². The Kier molecular flexibility index (Phi) is 10.5. The standard InChI is InChI=1S/C12H23NO5/c1-10(2)11(14)8-17-6-4-16-5-7-18-9-12(15)13-3/h10H,4-9H2,1-3H3,(H,13,15). The molecule has 0 aliphatic carbocycles. The summed E-state index contributed by atoms with van der Waals surface area (Å²) in [6.07, 6.45) is 0. The molecule has 0 spiro atoms. The molecule has 1 amide bonds. The maximum Gasteiger partial charge on any atom is 0.245 e. The van der Waals surface area contributed by atoms with Crippen LogP contribution in [0.5, 0.6) is 0 Å². The zero-order valence-electron chi connectivity index (χ0n) is 11.4. The molecule has 0 aromatic heterocycles. The quantitative estimate of drug-likeness (QED) is 0.530. The van der Waals surface area contributed by atoms with Crippen LogP contribution in [0.3, 0.4) is 0 Å². The van der Waals surface area contributed by atoms with E-state index >= 15 is 0 Å². The Morgan fingerprint density at radius 2 is 1.44 bits per heavy atom. The Morgan fingerprint density at radius 1 is 0.944 bits per heavy atom. The molecule has 0 rings (SSSR count). The van der Waals surface area contributed by atoms with E-state index in [1.165, 1.54) is 0 Å². The van der Waals surface area contributed by atoms with Gasteiger partial charge in [0.05, 0.1) is 26.4 Å². The van der Waals surface area contributed by atoms with E-state index in [1.807, 2.05) is 13.8 Å². The van der Waals surface area contributed by atoms with Crippen molar-refractivity contribution in [3.05, 3.63) is 0 Å². The van der Waals surface area contributed by atoms with Gasteiger partial charge >= 0.3 is 0 Å². The van der Waals surface area contributed by atoms with Gasteiger partial charge in [0.15, 0.2) is 5.78 Å². The van der Waals surface area contributed by atoms with Crippen molar-refractivity contribution < 1.29 is 23.8 Å². The van der Waals surface area contributed by atoms with E-state index in [4.69, 9.17) is 14.2 Å². The van der Waals surface area contributed by atoms with Crippen LogP contribution in [0.25, 0.3) is 0 Å². The van der Waals surface area contributed by atoms with E-state index in [-0.39, 0.29) is 30.8 Å². The fraction of sp³-hybridized carbons (Fsp3) is 0.833. The van der Waals surface area contributed by atoms with Crippen LogP contribution in [0.2, 0.25) is 0 Å². The van der Waals surface area contributed by atoms with E-state index in [2.05, 4.69) is 5.32 Å². The molecular weight excluding hydrogens is 238 g/mol. The number of ether oxygens (including phenoxy) is 3. The minimum Gasteiger partial charge on any atom is -0.377 e. The summed E-state index contributed by atoms with van der Waals surface area (Å²) in [7, 11) is 1.55. The monoisotopic (exact) mass is 261 g/mol. The maximum atomic E-state index is 11.2. The maximum absolute atomic E-state index is 11.2. The molecule has 0 atom stereocenters. The molecule has 6 nitrogen and oxygen atoms in total. The van der Waals surface area contributed by atoms with Gasteiger partial charge < -0.3 is 19.5 Å². The minimum absolute atomic E-state index is 0.00373. The van der Waals surface area contributed by atoms with E-state index in [0.717, 1.165) is 0 Å². The Hall–Kier alpha value is -0.980. The lowest BCUT2D eigenvalue weighted by Crippen LogP contribution is -2.24. The van der Waals surface area contributed by atoms with Gasteiger partial charge in [0.2, 0.25) is 5.91 Å². The lowest BCUT2D eigenvalue weighted by Gasteiger charge is -2.07. The van der Waals surface area contributed by atoms with Crippen molar-refractivity contribution >= 4 is 11.7 Å². The number of nitrogens with one attached hydrogen (secondary N) is 1. The SMILES string of the molecule is CNC(=O)COCCOCCOCC(=O)C(C)C. The van der Waals surface area contributed by atoms with Crippen LogP contribution in [0.15, 0.2) is 0 Å². The van der Waals surface area contributed by atoms with E-state index in [9.17, 15) is 9.59 Å². The molecule has 0 aliphatic heterocycles. The number of Topliss-reactive ketones (excluding diaryl/α,β-unsaturated/α-hetero) is 1. The smallest absolute Gasteiger partial charge is 0.245 e. The van der Waals surface area contributed by atoms with E-state index in [1.54, 1.807) is 7.05 Å². The third-order valence-electron chi connectivity index (χ3n) is 2.14. The van der Waals surface area contributed by atoms with Gasteiger partial charge in [0.25, 0.3) is 0 Å². The van der Waals surface area contributed by atoms with Gasteiger partial charge in [-0.2, -0.15) is 0 Å². The highest BCUT2D eigenvalue weighted by atomic mass is 16.5. The molecule has 0 fully saturated rings. The third-order valence-corrected chi connectivity index (χ3v) is 2.14. The number of carbonyl (C=O) groups excluding carboxylic acids is 2. The Balaban J connectivity index is 3.17. The number of hydrogen-bond acceptors (Lipinski definition) is 5. The summed E-state index contributed by atoms with van der Waals surface area (Å²) < 4.78 is 15.4. The summed E-state index contributed by atoms with van der Waals surface area (Å²) in [5.41, 5.74) is 0. The number of ketones is 1. The number of amides is 1. The molecule has 0 saturated heterocycles.